The Morgan fingerprint density at radius 1 is 1.11 bits per heavy atom. The minimum absolute atomic E-state index is 0.152. The van der Waals surface area contributed by atoms with Gasteiger partial charge in [0, 0.05) is 26.2 Å². The molecule has 0 radical (unpaired) electrons. The summed E-state index contributed by atoms with van der Waals surface area (Å²) in [5.74, 6) is -0.152. The van der Waals surface area contributed by atoms with Crippen LogP contribution in [-0.2, 0) is 11.3 Å². The van der Waals surface area contributed by atoms with Gasteiger partial charge in [-0.2, -0.15) is 5.10 Å². The second-order valence-electron chi connectivity index (χ2n) is 6.37. The van der Waals surface area contributed by atoms with Crippen molar-refractivity contribution in [1.82, 2.24) is 19.6 Å². The maximum atomic E-state index is 13.0. The zero-order valence-corrected chi connectivity index (χ0v) is 16.3. The molecule has 0 saturated carbocycles. The van der Waals surface area contributed by atoms with Gasteiger partial charge in [0.2, 0.25) is 0 Å². The van der Waals surface area contributed by atoms with E-state index in [1.807, 2.05) is 30.3 Å². The van der Waals surface area contributed by atoms with Crippen molar-refractivity contribution < 1.29 is 14.3 Å². The smallest absolute Gasteiger partial charge is 0.409 e. The number of piperazine rings is 1. The van der Waals surface area contributed by atoms with Crippen molar-refractivity contribution >= 4 is 23.6 Å². The number of hydrogen-bond donors (Lipinski definition) is 0. The Kier molecular flexibility index (Phi) is 6.01. The third-order valence-electron chi connectivity index (χ3n) is 4.55. The molecule has 0 N–H and O–H groups in total. The standard InChI is InChI=1S/C19H23ClN4O3/c1-3-27-19(26)23-11-9-22(10-12-23)18(25)16-14(2)21-24(17(16)20)13-15-7-5-4-6-8-15/h4-8H,3,9-13H2,1-2H3. The topological polar surface area (TPSA) is 67.7 Å². The second kappa shape index (κ2) is 8.43. The SMILES string of the molecule is CCOC(=O)N1CCN(C(=O)c2c(C)nn(Cc3ccccc3)c2Cl)CC1. The number of rotatable bonds is 4. The number of amides is 2. The van der Waals surface area contributed by atoms with E-state index in [4.69, 9.17) is 16.3 Å². The van der Waals surface area contributed by atoms with Gasteiger partial charge in [0.05, 0.1) is 24.4 Å². The number of aryl methyl sites for hydroxylation is 1. The van der Waals surface area contributed by atoms with Crippen molar-refractivity contribution in [3.63, 3.8) is 0 Å². The molecule has 1 aliphatic heterocycles. The first-order valence-corrected chi connectivity index (χ1v) is 9.36. The minimum Gasteiger partial charge on any atom is -0.450 e. The van der Waals surface area contributed by atoms with Gasteiger partial charge in [-0.25, -0.2) is 9.48 Å². The van der Waals surface area contributed by atoms with Crippen molar-refractivity contribution in [2.45, 2.75) is 20.4 Å². The Labute approximate surface area is 163 Å². The monoisotopic (exact) mass is 390 g/mol. The average molecular weight is 391 g/mol. The van der Waals surface area contributed by atoms with Gasteiger partial charge in [0.25, 0.3) is 5.91 Å². The first kappa shape index (κ1) is 19.2. The van der Waals surface area contributed by atoms with Gasteiger partial charge in [-0.15, -0.1) is 0 Å². The van der Waals surface area contributed by atoms with Crippen molar-refractivity contribution in [3.05, 3.63) is 52.3 Å². The van der Waals surface area contributed by atoms with Gasteiger partial charge in [-0.3, -0.25) is 4.79 Å². The zero-order valence-electron chi connectivity index (χ0n) is 15.5. The Hall–Kier alpha value is -2.54. The van der Waals surface area contributed by atoms with Crippen LogP contribution in [0.4, 0.5) is 4.79 Å². The van der Waals surface area contributed by atoms with E-state index in [1.165, 1.54) is 0 Å². The molecule has 2 heterocycles. The van der Waals surface area contributed by atoms with E-state index in [0.29, 0.717) is 55.7 Å². The quantitative estimate of drug-likeness (QED) is 0.805. The highest BCUT2D eigenvalue weighted by Crippen LogP contribution is 2.23. The molecular weight excluding hydrogens is 368 g/mol. The van der Waals surface area contributed by atoms with E-state index < -0.39 is 0 Å². The van der Waals surface area contributed by atoms with Gasteiger partial charge >= 0.3 is 6.09 Å². The Balaban J connectivity index is 1.70. The number of nitrogens with zero attached hydrogens (tertiary/aromatic N) is 4. The molecule has 1 aromatic carbocycles. The first-order valence-electron chi connectivity index (χ1n) is 8.99. The molecular formula is C19H23ClN4O3. The van der Waals surface area contributed by atoms with E-state index in [1.54, 1.807) is 28.3 Å². The fourth-order valence-electron chi connectivity index (χ4n) is 3.12. The maximum Gasteiger partial charge on any atom is 0.409 e. The third-order valence-corrected chi connectivity index (χ3v) is 4.93. The molecule has 0 unspecified atom stereocenters. The minimum atomic E-state index is -0.338. The van der Waals surface area contributed by atoms with Crippen LogP contribution in [0.3, 0.4) is 0 Å². The molecule has 3 rings (SSSR count). The molecule has 1 fully saturated rings. The normalized spacial score (nSPS) is 14.3. The molecule has 144 valence electrons. The number of carbonyl (C=O) groups excluding carboxylic acids is 2. The molecule has 0 atom stereocenters. The number of hydrogen-bond acceptors (Lipinski definition) is 4. The van der Waals surface area contributed by atoms with Gasteiger partial charge in [0.1, 0.15) is 5.15 Å². The number of carbonyl (C=O) groups is 2. The van der Waals surface area contributed by atoms with Crippen LogP contribution >= 0.6 is 11.6 Å². The summed E-state index contributed by atoms with van der Waals surface area (Å²) in [6, 6.07) is 9.83. The van der Waals surface area contributed by atoms with E-state index in [-0.39, 0.29) is 12.0 Å². The van der Waals surface area contributed by atoms with Crippen LogP contribution in [-0.4, -0.2) is 64.4 Å². The molecule has 1 aromatic heterocycles. The van der Waals surface area contributed by atoms with E-state index in [2.05, 4.69) is 5.10 Å². The van der Waals surface area contributed by atoms with Gasteiger partial charge < -0.3 is 14.5 Å². The van der Waals surface area contributed by atoms with Crippen molar-refractivity contribution in [2.75, 3.05) is 32.8 Å². The van der Waals surface area contributed by atoms with Crippen LogP contribution in [0.15, 0.2) is 30.3 Å². The summed E-state index contributed by atoms with van der Waals surface area (Å²) in [4.78, 5) is 28.1. The summed E-state index contributed by atoms with van der Waals surface area (Å²) in [6.45, 7) is 6.18. The van der Waals surface area contributed by atoms with Crippen LogP contribution < -0.4 is 0 Å². The van der Waals surface area contributed by atoms with Gasteiger partial charge in [-0.05, 0) is 19.4 Å². The number of ether oxygens (including phenoxy) is 1. The van der Waals surface area contributed by atoms with E-state index in [0.717, 1.165) is 5.56 Å². The maximum absolute atomic E-state index is 13.0. The Morgan fingerprint density at radius 3 is 2.37 bits per heavy atom. The molecule has 0 spiro atoms. The highest BCUT2D eigenvalue weighted by atomic mass is 35.5. The summed E-state index contributed by atoms with van der Waals surface area (Å²) in [5.41, 5.74) is 2.09. The molecule has 27 heavy (non-hydrogen) atoms. The molecule has 2 amide bonds. The van der Waals surface area contributed by atoms with Crippen LogP contribution in [0, 0.1) is 6.92 Å². The van der Waals surface area contributed by atoms with Crippen LogP contribution in [0.25, 0.3) is 0 Å². The summed E-state index contributed by atoms with van der Waals surface area (Å²) >= 11 is 6.48. The predicted molar refractivity (Wildman–Crippen MR) is 102 cm³/mol. The molecule has 7 nitrogen and oxygen atoms in total. The third kappa shape index (κ3) is 4.24. The van der Waals surface area contributed by atoms with Gasteiger partial charge in [0.15, 0.2) is 0 Å². The molecule has 1 saturated heterocycles. The van der Waals surface area contributed by atoms with Crippen molar-refractivity contribution in [1.29, 1.82) is 0 Å². The molecule has 2 aromatic rings. The highest BCUT2D eigenvalue weighted by Gasteiger charge is 2.29. The van der Waals surface area contributed by atoms with Crippen LogP contribution in [0.5, 0.6) is 0 Å². The number of benzene rings is 1. The van der Waals surface area contributed by atoms with Crippen LogP contribution in [0.2, 0.25) is 5.15 Å². The molecule has 0 bridgehead atoms. The largest absolute Gasteiger partial charge is 0.450 e. The first-order chi connectivity index (χ1) is 13.0. The Morgan fingerprint density at radius 2 is 1.74 bits per heavy atom. The lowest BCUT2D eigenvalue weighted by molar-refractivity contribution is 0.0570. The summed E-state index contributed by atoms with van der Waals surface area (Å²) in [5, 5.41) is 4.78. The number of aromatic nitrogens is 2. The summed E-state index contributed by atoms with van der Waals surface area (Å²) < 4.78 is 6.66. The van der Waals surface area contributed by atoms with Crippen molar-refractivity contribution in [3.8, 4) is 0 Å². The molecule has 0 aliphatic carbocycles. The molecule has 1 aliphatic rings. The lowest BCUT2D eigenvalue weighted by Gasteiger charge is -2.34. The average Bonchev–Trinajstić information content (AvgIpc) is 2.95. The van der Waals surface area contributed by atoms with Gasteiger partial charge in [-0.1, -0.05) is 41.9 Å². The second-order valence-corrected chi connectivity index (χ2v) is 6.73. The lowest BCUT2D eigenvalue weighted by atomic mass is 10.2. The zero-order chi connectivity index (χ0) is 19.4. The van der Waals surface area contributed by atoms with Crippen LogP contribution in [0.1, 0.15) is 28.5 Å². The number of halogens is 1. The van der Waals surface area contributed by atoms with E-state index in [9.17, 15) is 9.59 Å². The predicted octanol–water partition coefficient (Wildman–Crippen LogP) is 2.81. The Bertz CT molecular complexity index is 814. The summed E-state index contributed by atoms with van der Waals surface area (Å²) in [7, 11) is 0. The fraction of sp³-hybridized carbons (Fsp3) is 0.421. The lowest BCUT2D eigenvalue weighted by Crippen LogP contribution is -2.50. The van der Waals surface area contributed by atoms with Crippen molar-refractivity contribution in [2.24, 2.45) is 0 Å². The fourth-order valence-corrected chi connectivity index (χ4v) is 3.44. The highest BCUT2D eigenvalue weighted by molar-refractivity contribution is 6.33. The van der Waals surface area contributed by atoms with E-state index >= 15 is 0 Å². The summed E-state index contributed by atoms with van der Waals surface area (Å²) in [6.07, 6.45) is -0.338. The molecule has 8 heteroatoms.